The topological polar surface area (TPSA) is 41.1 Å². The fourth-order valence-electron chi connectivity index (χ4n) is 2.13. The number of carbonyl (C=O) groups is 1. The molecule has 2 atom stereocenters. The average molecular weight is 258 g/mol. The van der Waals surface area contributed by atoms with Gasteiger partial charge in [0.2, 0.25) is 5.91 Å². The van der Waals surface area contributed by atoms with Crippen LogP contribution in [0.2, 0.25) is 0 Å². The summed E-state index contributed by atoms with van der Waals surface area (Å²) in [5, 5.41) is 7.11. The lowest BCUT2D eigenvalue weighted by Gasteiger charge is -2.13. The molecule has 0 saturated heterocycles. The minimum absolute atomic E-state index is 0.130. The van der Waals surface area contributed by atoms with Gasteiger partial charge in [-0.05, 0) is 30.9 Å². The van der Waals surface area contributed by atoms with Crippen LogP contribution in [0.3, 0.4) is 0 Å². The van der Waals surface area contributed by atoms with Crippen molar-refractivity contribution in [2.24, 2.45) is 5.92 Å². The smallest absolute Gasteiger partial charge is 0.233 e. The highest BCUT2D eigenvalue weighted by molar-refractivity contribution is 7.99. The van der Waals surface area contributed by atoms with Crippen molar-refractivity contribution in [1.82, 2.24) is 10.6 Å². The average Bonchev–Trinajstić information content (AvgIpc) is 2.72. The van der Waals surface area contributed by atoms with Crippen LogP contribution in [0.25, 0.3) is 0 Å². The van der Waals surface area contributed by atoms with E-state index in [1.54, 1.807) is 0 Å². The molecule has 0 aliphatic heterocycles. The molecule has 4 heteroatoms. The number of thioether (sulfide) groups is 1. The van der Waals surface area contributed by atoms with Crippen molar-refractivity contribution in [3.63, 3.8) is 0 Å². The minimum Gasteiger partial charge on any atom is -0.355 e. The van der Waals surface area contributed by atoms with Gasteiger partial charge >= 0.3 is 0 Å². The first kappa shape index (κ1) is 14.8. The summed E-state index contributed by atoms with van der Waals surface area (Å²) in [6, 6.07) is 0.545. The van der Waals surface area contributed by atoms with Gasteiger partial charge in [0.05, 0.1) is 6.54 Å². The van der Waals surface area contributed by atoms with Crippen molar-refractivity contribution in [2.45, 2.75) is 51.3 Å². The first-order valence-electron chi connectivity index (χ1n) is 6.73. The Hall–Kier alpha value is -0.220. The third-order valence-electron chi connectivity index (χ3n) is 3.05. The molecule has 0 bridgehead atoms. The summed E-state index contributed by atoms with van der Waals surface area (Å²) >= 11 is 2.05. The van der Waals surface area contributed by atoms with Crippen molar-refractivity contribution in [2.75, 3.05) is 18.8 Å². The molecule has 0 aromatic heterocycles. The number of hydrogen-bond acceptors (Lipinski definition) is 3. The van der Waals surface area contributed by atoms with Gasteiger partial charge in [0.15, 0.2) is 0 Å². The molecule has 0 heterocycles. The Bertz CT molecular complexity index is 233. The standard InChI is InChI=1S/C13H26N2OS/c1-4-17-12-6-5-11(7-12)14-9-13(16)15-8-10(2)3/h10-12,14H,4-9H2,1-3H3,(H,15,16). The largest absolute Gasteiger partial charge is 0.355 e. The molecule has 0 radical (unpaired) electrons. The lowest BCUT2D eigenvalue weighted by molar-refractivity contribution is -0.120. The lowest BCUT2D eigenvalue weighted by atomic mass is 10.2. The molecule has 0 aromatic carbocycles. The molecule has 1 saturated carbocycles. The van der Waals surface area contributed by atoms with Crippen LogP contribution < -0.4 is 10.6 Å². The number of amides is 1. The van der Waals surface area contributed by atoms with E-state index in [9.17, 15) is 4.79 Å². The van der Waals surface area contributed by atoms with E-state index in [0.29, 0.717) is 18.5 Å². The van der Waals surface area contributed by atoms with E-state index >= 15 is 0 Å². The van der Waals surface area contributed by atoms with E-state index < -0.39 is 0 Å². The molecule has 0 aromatic rings. The summed E-state index contributed by atoms with van der Waals surface area (Å²) in [6.45, 7) is 7.68. The fourth-order valence-corrected chi connectivity index (χ4v) is 3.27. The van der Waals surface area contributed by atoms with Crippen LogP contribution in [-0.2, 0) is 4.79 Å². The van der Waals surface area contributed by atoms with Crippen LogP contribution in [0.4, 0.5) is 0 Å². The number of nitrogens with one attached hydrogen (secondary N) is 2. The zero-order valence-corrected chi connectivity index (χ0v) is 12.1. The molecule has 1 fully saturated rings. The highest BCUT2D eigenvalue weighted by Crippen LogP contribution is 2.29. The van der Waals surface area contributed by atoms with Crippen molar-refractivity contribution >= 4 is 17.7 Å². The minimum atomic E-state index is 0.130. The zero-order valence-electron chi connectivity index (χ0n) is 11.3. The first-order valence-corrected chi connectivity index (χ1v) is 7.78. The van der Waals surface area contributed by atoms with E-state index in [1.165, 1.54) is 25.0 Å². The van der Waals surface area contributed by atoms with Gasteiger partial charge in [0.25, 0.3) is 0 Å². The van der Waals surface area contributed by atoms with Crippen molar-refractivity contribution in [1.29, 1.82) is 0 Å². The molecule has 1 aliphatic carbocycles. The highest BCUT2D eigenvalue weighted by atomic mass is 32.2. The first-order chi connectivity index (χ1) is 8.11. The van der Waals surface area contributed by atoms with Gasteiger partial charge in [-0.15, -0.1) is 0 Å². The lowest BCUT2D eigenvalue weighted by Crippen LogP contribution is -2.39. The second-order valence-electron chi connectivity index (χ2n) is 5.17. The van der Waals surface area contributed by atoms with Gasteiger partial charge in [-0.3, -0.25) is 4.79 Å². The third kappa shape index (κ3) is 6.32. The van der Waals surface area contributed by atoms with Crippen LogP contribution in [0.15, 0.2) is 0 Å². The predicted octanol–water partition coefficient (Wildman–Crippen LogP) is 2.02. The monoisotopic (exact) mass is 258 g/mol. The molecule has 1 rings (SSSR count). The van der Waals surface area contributed by atoms with Crippen LogP contribution in [0.1, 0.15) is 40.0 Å². The summed E-state index contributed by atoms with van der Waals surface area (Å²) in [6.07, 6.45) is 3.73. The Morgan fingerprint density at radius 2 is 2.18 bits per heavy atom. The molecule has 17 heavy (non-hydrogen) atoms. The van der Waals surface area contributed by atoms with E-state index in [4.69, 9.17) is 0 Å². The summed E-state index contributed by atoms with van der Waals surface area (Å²) in [4.78, 5) is 11.5. The second-order valence-corrected chi connectivity index (χ2v) is 6.74. The van der Waals surface area contributed by atoms with Crippen molar-refractivity contribution < 1.29 is 4.79 Å². The van der Waals surface area contributed by atoms with Gasteiger partial charge in [-0.1, -0.05) is 20.8 Å². The molecule has 1 aliphatic rings. The summed E-state index contributed by atoms with van der Waals surface area (Å²) < 4.78 is 0. The number of carbonyl (C=O) groups excluding carboxylic acids is 1. The Morgan fingerprint density at radius 3 is 2.82 bits per heavy atom. The maximum atomic E-state index is 11.5. The van der Waals surface area contributed by atoms with Gasteiger partial charge in [0, 0.05) is 17.8 Å². The van der Waals surface area contributed by atoms with Crippen LogP contribution >= 0.6 is 11.8 Å². The molecule has 2 unspecified atom stereocenters. The van der Waals surface area contributed by atoms with Crippen LogP contribution in [-0.4, -0.2) is 36.0 Å². The maximum absolute atomic E-state index is 11.5. The Balaban J connectivity index is 2.08. The van der Waals surface area contributed by atoms with E-state index in [1.807, 2.05) is 0 Å². The molecule has 0 spiro atoms. The van der Waals surface area contributed by atoms with E-state index in [2.05, 4.69) is 43.2 Å². The SMILES string of the molecule is CCSC1CCC(NCC(=O)NCC(C)C)C1. The molecular formula is C13H26N2OS. The predicted molar refractivity (Wildman–Crippen MR) is 75.4 cm³/mol. The maximum Gasteiger partial charge on any atom is 0.233 e. The Morgan fingerprint density at radius 1 is 1.41 bits per heavy atom. The van der Waals surface area contributed by atoms with Gasteiger partial charge < -0.3 is 10.6 Å². The second kappa shape index (κ2) is 7.98. The fraction of sp³-hybridized carbons (Fsp3) is 0.923. The highest BCUT2D eigenvalue weighted by Gasteiger charge is 2.24. The number of rotatable bonds is 7. The van der Waals surface area contributed by atoms with E-state index in [-0.39, 0.29) is 5.91 Å². The van der Waals surface area contributed by atoms with Crippen molar-refractivity contribution in [3.05, 3.63) is 0 Å². The zero-order chi connectivity index (χ0) is 12.7. The normalized spacial score (nSPS) is 24.2. The Kier molecular flexibility index (Phi) is 6.97. The Labute approximate surface area is 109 Å². The van der Waals surface area contributed by atoms with Crippen LogP contribution in [0, 0.1) is 5.92 Å². The molecule has 1 amide bonds. The molecule has 2 N–H and O–H groups in total. The van der Waals surface area contributed by atoms with E-state index in [0.717, 1.165) is 11.8 Å². The summed E-state index contributed by atoms with van der Waals surface area (Å²) in [5.41, 5.74) is 0. The van der Waals surface area contributed by atoms with Crippen LogP contribution in [0.5, 0.6) is 0 Å². The van der Waals surface area contributed by atoms with Gasteiger partial charge in [-0.2, -0.15) is 11.8 Å². The van der Waals surface area contributed by atoms with Gasteiger partial charge in [-0.25, -0.2) is 0 Å². The molecule has 3 nitrogen and oxygen atoms in total. The quantitative estimate of drug-likeness (QED) is 0.734. The molecule has 100 valence electrons. The molecular weight excluding hydrogens is 232 g/mol. The number of hydrogen-bond donors (Lipinski definition) is 2. The third-order valence-corrected chi connectivity index (χ3v) is 4.28. The summed E-state index contributed by atoms with van der Waals surface area (Å²) in [7, 11) is 0. The van der Waals surface area contributed by atoms with Gasteiger partial charge in [0.1, 0.15) is 0 Å². The van der Waals surface area contributed by atoms with Crippen molar-refractivity contribution in [3.8, 4) is 0 Å². The summed E-state index contributed by atoms with van der Waals surface area (Å²) in [5.74, 6) is 1.85.